The monoisotopic (exact) mass is 892 g/mol. The second-order valence-electron chi connectivity index (χ2n) is 18.5. The van der Waals surface area contributed by atoms with Crippen molar-refractivity contribution in [1.82, 2.24) is 5.32 Å². The number of carbonyl (C=O) groups excluding carboxylic acids is 1. The van der Waals surface area contributed by atoms with E-state index in [0.717, 1.165) is 89.9 Å². The van der Waals surface area contributed by atoms with Gasteiger partial charge in [0.05, 0.1) is 39.9 Å². The lowest BCUT2D eigenvalue weighted by Crippen LogP contribution is -2.46. The number of hydrogen-bond acceptors (Lipinski definition) is 5. The Morgan fingerprint density at radius 1 is 0.565 bits per heavy atom. The molecular formula is C53H100N2O6P+. The lowest BCUT2D eigenvalue weighted by molar-refractivity contribution is -0.870. The number of hydrogen-bond donors (Lipinski definition) is 3. The second kappa shape index (κ2) is 44.4. The van der Waals surface area contributed by atoms with Crippen LogP contribution in [0.3, 0.4) is 0 Å². The summed E-state index contributed by atoms with van der Waals surface area (Å²) in [7, 11) is 1.60. The van der Waals surface area contributed by atoms with Crippen molar-refractivity contribution in [2.75, 3.05) is 40.9 Å². The van der Waals surface area contributed by atoms with Crippen LogP contribution >= 0.6 is 7.82 Å². The van der Waals surface area contributed by atoms with E-state index in [4.69, 9.17) is 9.05 Å². The first kappa shape index (κ1) is 60.2. The minimum atomic E-state index is -4.33. The van der Waals surface area contributed by atoms with Gasteiger partial charge < -0.3 is 19.8 Å². The van der Waals surface area contributed by atoms with Gasteiger partial charge in [-0.05, 0) is 57.8 Å². The number of nitrogens with one attached hydrogen (secondary N) is 1. The largest absolute Gasteiger partial charge is 0.472 e. The predicted molar refractivity (Wildman–Crippen MR) is 267 cm³/mol. The normalized spacial score (nSPS) is 14.6. The minimum absolute atomic E-state index is 0.0680. The van der Waals surface area contributed by atoms with Gasteiger partial charge >= 0.3 is 7.82 Å². The summed E-state index contributed by atoms with van der Waals surface area (Å²) in [4.78, 5) is 23.3. The van der Waals surface area contributed by atoms with Crippen LogP contribution in [-0.2, 0) is 18.4 Å². The van der Waals surface area contributed by atoms with Gasteiger partial charge in [-0.3, -0.25) is 13.8 Å². The number of aliphatic hydroxyl groups excluding tert-OH is 1. The molecule has 0 saturated heterocycles. The Morgan fingerprint density at radius 3 is 1.42 bits per heavy atom. The molecular weight excluding hydrogens is 792 g/mol. The van der Waals surface area contributed by atoms with Gasteiger partial charge in [0.25, 0.3) is 0 Å². The Labute approximate surface area is 383 Å². The molecule has 3 atom stereocenters. The van der Waals surface area contributed by atoms with E-state index < -0.39 is 20.0 Å². The van der Waals surface area contributed by atoms with Gasteiger partial charge in [0.2, 0.25) is 5.91 Å². The highest BCUT2D eigenvalue weighted by atomic mass is 31.2. The van der Waals surface area contributed by atoms with Gasteiger partial charge in [-0.15, -0.1) is 0 Å². The molecule has 0 fully saturated rings. The molecule has 0 aromatic heterocycles. The molecule has 0 aromatic rings. The standard InChI is InChI=1S/C53H99N2O6P/c1-6-8-10-12-14-16-18-20-22-24-26-27-29-31-33-35-37-39-41-43-45-47-53(57)54-51(50-61-62(58,59)60-49-48-55(3,4)5)52(56)46-44-42-40-38-36-34-32-30-28-25-23-21-19-17-15-13-11-9-7-2/h8,10,14,16,20,22,26-27,31,33,51-52,56H,6-7,9,11-13,15,17-19,21,23-25,28-30,32,34-50H2,1-5H3,(H-,54,57,58,59)/p+1/b10-8-,16-14-,22-20-,27-26-,33-31-. The Morgan fingerprint density at radius 2 is 0.968 bits per heavy atom. The first-order chi connectivity index (χ1) is 30.0. The van der Waals surface area contributed by atoms with Gasteiger partial charge in [-0.25, -0.2) is 4.57 Å². The summed E-state index contributed by atoms with van der Waals surface area (Å²) in [5, 5.41) is 14.0. The molecule has 0 rings (SSSR count). The first-order valence-corrected chi connectivity index (χ1v) is 27.1. The fourth-order valence-electron chi connectivity index (χ4n) is 7.25. The third-order valence-electron chi connectivity index (χ3n) is 11.3. The number of rotatable bonds is 46. The molecule has 0 aliphatic carbocycles. The van der Waals surface area contributed by atoms with Crippen LogP contribution in [0.5, 0.6) is 0 Å². The van der Waals surface area contributed by atoms with Gasteiger partial charge in [-0.1, -0.05) is 216 Å². The van der Waals surface area contributed by atoms with Crippen LogP contribution in [0.15, 0.2) is 60.8 Å². The molecule has 0 radical (unpaired) electrons. The van der Waals surface area contributed by atoms with Crippen LogP contribution in [0.4, 0.5) is 0 Å². The minimum Gasteiger partial charge on any atom is -0.391 e. The van der Waals surface area contributed by atoms with Crippen molar-refractivity contribution in [3.8, 4) is 0 Å². The molecule has 0 aliphatic rings. The average Bonchev–Trinajstić information content (AvgIpc) is 3.23. The van der Waals surface area contributed by atoms with E-state index in [1.165, 1.54) is 103 Å². The van der Waals surface area contributed by atoms with E-state index in [2.05, 4.69) is 79.9 Å². The molecule has 0 bridgehead atoms. The van der Waals surface area contributed by atoms with Crippen LogP contribution in [0.2, 0.25) is 0 Å². The highest BCUT2D eigenvalue weighted by molar-refractivity contribution is 7.47. The second-order valence-corrected chi connectivity index (χ2v) is 20.0. The van der Waals surface area contributed by atoms with E-state index in [9.17, 15) is 19.4 Å². The smallest absolute Gasteiger partial charge is 0.391 e. The molecule has 3 N–H and O–H groups in total. The molecule has 1 amide bonds. The van der Waals surface area contributed by atoms with Crippen molar-refractivity contribution >= 4 is 13.7 Å². The zero-order valence-corrected chi connectivity index (χ0v) is 42.0. The molecule has 0 aliphatic heterocycles. The van der Waals surface area contributed by atoms with E-state index in [1.807, 2.05) is 21.1 Å². The van der Waals surface area contributed by atoms with Crippen molar-refractivity contribution in [1.29, 1.82) is 0 Å². The molecule has 0 saturated carbocycles. The summed E-state index contributed by atoms with van der Waals surface area (Å²) in [6, 6.07) is -0.774. The predicted octanol–water partition coefficient (Wildman–Crippen LogP) is 15.0. The van der Waals surface area contributed by atoms with Gasteiger partial charge in [0.1, 0.15) is 13.2 Å². The molecule has 3 unspecified atom stereocenters. The van der Waals surface area contributed by atoms with E-state index in [-0.39, 0.29) is 19.1 Å². The first-order valence-electron chi connectivity index (χ1n) is 25.7. The Balaban J connectivity index is 4.32. The summed E-state index contributed by atoms with van der Waals surface area (Å²) in [5.41, 5.74) is 0. The lowest BCUT2D eigenvalue weighted by atomic mass is 10.0. The number of quaternary nitrogens is 1. The van der Waals surface area contributed by atoms with Crippen molar-refractivity contribution in [3.63, 3.8) is 0 Å². The molecule has 0 heterocycles. The summed E-state index contributed by atoms with van der Waals surface area (Å²) in [5.74, 6) is -0.164. The van der Waals surface area contributed by atoms with E-state index in [0.29, 0.717) is 23.9 Å². The Bertz CT molecular complexity index is 1190. The number of aliphatic hydroxyl groups is 1. The number of phosphoric acid groups is 1. The van der Waals surface area contributed by atoms with E-state index >= 15 is 0 Å². The highest BCUT2D eigenvalue weighted by Gasteiger charge is 2.28. The van der Waals surface area contributed by atoms with Crippen molar-refractivity contribution < 1.29 is 32.9 Å². The van der Waals surface area contributed by atoms with Gasteiger partial charge in [0, 0.05) is 6.42 Å². The molecule has 62 heavy (non-hydrogen) atoms. The Hall–Kier alpha value is -1.80. The maximum Gasteiger partial charge on any atom is 0.472 e. The zero-order chi connectivity index (χ0) is 45.7. The molecule has 362 valence electrons. The number of likely N-dealkylation sites (N-methyl/N-ethyl adjacent to an activating group) is 1. The molecule has 0 spiro atoms. The van der Waals surface area contributed by atoms with Gasteiger partial charge in [-0.2, -0.15) is 0 Å². The zero-order valence-electron chi connectivity index (χ0n) is 41.1. The summed E-state index contributed by atoms with van der Waals surface area (Å²) >= 11 is 0. The SMILES string of the molecule is CC/C=C\C/C=C\C/C=C\C/C=C\C/C=C\CCCCCCCC(=O)NC(COP(=O)(O)OCC[N+](C)(C)C)C(O)CCCCCCCCCCCCCCCCCCCCC. The fraction of sp³-hybridized carbons (Fsp3) is 0.792. The van der Waals surface area contributed by atoms with Crippen LogP contribution < -0.4 is 5.32 Å². The molecule has 9 heteroatoms. The van der Waals surface area contributed by atoms with Crippen molar-refractivity contribution in [2.24, 2.45) is 0 Å². The number of allylic oxidation sites excluding steroid dienone is 10. The average molecular weight is 892 g/mol. The quantitative estimate of drug-likeness (QED) is 0.0243. The lowest BCUT2D eigenvalue weighted by Gasteiger charge is -2.26. The summed E-state index contributed by atoms with van der Waals surface area (Å²) in [6.07, 6.45) is 58.2. The van der Waals surface area contributed by atoms with Crippen molar-refractivity contribution in [3.05, 3.63) is 60.8 Å². The number of phosphoric ester groups is 1. The highest BCUT2D eigenvalue weighted by Crippen LogP contribution is 2.43. The number of nitrogens with zero attached hydrogens (tertiary/aromatic N) is 1. The fourth-order valence-corrected chi connectivity index (χ4v) is 7.99. The maximum absolute atomic E-state index is 13.0. The molecule has 0 aromatic carbocycles. The third kappa shape index (κ3) is 46.2. The topological polar surface area (TPSA) is 105 Å². The third-order valence-corrected chi connectivity index (χ3v) is 12.3. The van der Waals surface area contributed by atoms with Crippen molar-refractivity contribution in [2.45, 2.75) is 231 Å². The maximum atomic E-state index is 13.0. The van der Waals surface area contributed by atoms with Crippen LogP contribution in [0.25, 0.3) is 0 Å². The van der Waals surface area contributed by atoms with E-state index in [1.54, 1.807) is 0 Å². The van der Waals surface area contributed by atoms with Crippen LogP contribution in [0, 0.1) is 0 Å². The number of carbonyl (C=O) groups is 1. The van der Waals surface area contributed by atoms with Crippen LogP contribution in [0.1, 0.15) is 219 Å². The Kier molecular flexibility index (Phi) is 43.1. The summed E-state index contributed by atoms with van der Waals surface area (Å²) < 4.78 is 23.7. The van der Waals surface area contributed by atoms with Gasteiger partial charge in [0.15, 0.2) is 0 Å². The summed E-state index contributed by atoms with van der Waals surface area (Å²) in [6.45, 7) is 4.77. The number of unbranched alkanes of at least 4 members (excludes halogenated alkanes) is 23. The number of amides is 1. The van der Waals surface area contributed by atoms with Crippen LogP contribution in [-0.4, -0.2) is 73.4 Å². The molecule has 8 nitrogen and oxygen atoms in total.